The molecule has 1 saturated heterocycles. The van der Waals surface area contributed by atoms with Gasteiger partial charge in [-0.3, -0.25) is 9.78 Å². The Morgan fingerprint density at radius 2 is 2.12 bits per heavy atom. The fourth-order valence-electron chi connectivity index (χ4n) is 3.43. The minimum atomic E-state index is -0.116. The Kier molecular flexibility index (Phi) is 3.84. The number of aromatic nitrogens is 1. The molecule has 1 unspecified atom stereocenters. The minimum absolute atomic E-state index is 0.116. The van der Waals surface area contributed by atoms with Gasteiger partial charge in [-0.05, 0) is 30.2 Å². The molecule has 1 fully saturated rings. The topological polar surface area (TPSA) is 51.7 Å². The number of rotatable bonds is 3. The van der Waals surface area contributed by atoms with E-state index in [2.05, 4.69) is 4.98 Å². The molecule has 2 aromatic rings. The number of para-hydroxylation sites is 1. The van der Waals surface area contributed by atoms with Crippen LogP contribution in [0.4, 0.5) is 0 Å². The number of pyridine rings is 1. The number of hydrogen-bond acceptors (Lipinski definition) is 4. The van der Waals surface area contributed by atoms with E-state index in [0.29, 0.717) is 18.9 Å². The number of ether oxygens (including phenoxy) is 2. The van der Waals surface area contributed by atoms with Crippen molar-refractivity contribution in [2.45, 2.75) is 12.3 Å². The van der Waals surface area contributed by atoms with Crippen LogP contribution in [0.2, 0.25) is 0 Å². The molecule has 3 heterocycles. The van der Waals surface area contributed by atoms with Gasteiger partial charge in [0.15, 0.2) is 11.5 Å². The molecule has 0 saturated carbocycles. The molecule has 0 N–H and O–H groups in total. The maximum atomic E-state index is 12.7. The highest BCUT2D eigenvalue weighted by molar-refractivity contribution is 5.81. The third-order valence-corrected chi connectivity index (χ3v) is 4.82. The lowest BCUT2D eigenvalue weighted by atomic mass is 9.90. The van der Waals surface area contributed by atoms with Crippen LogP contribution in [0.5, 0.6) is 11.5 Å². The third-order valence-electron chi connectivity index (χ3n) is 4.82. The second kappa shape index (κ2) is 6.15. The quantitative estimate of drug-likeness (QED) is 0.869. The molecule has 0 aliphatic carbocycles. The summed E-state index contributed by atoms with van der Waals surface area (Å²) in [4.78, 5) is 19.0. The van der Waals surface area contributed by atoms with E-state index in [1.165, 1.54) is 0 Å². The van der Waals surface area contributed by atoms with Crippen molar-refractivity contribution in [1.29, 1.82) is 0 Å². The highest BCUT2D eigenvalue weighted by Gasteiger charge is 2.37. The van der Waals surface area contributed by atoms with E-state index >= 15 is 0 Å². The number of likely N-dealkylation sites (tertiary alicyclic amines) is 1. The Morgan fingerprint density at radius 1 is 1.25 bits per heavy atom. The molecule has 1 aromatic carbocycles. The first kappa shape index (κ1) is 15.0. The predicted octanol–water partition coefficient (Wildman–Crippen LogP) is 2.27. The highest BCUT2D eigenvalue weighted by Crippen LogP contribution is 2.37. The molecule has 4 rings (SSSR count). The normalized spacial score (nSPS) is 19.9. The number of methoxy groups -OCH3 is 1. The number of carbonyl (C=O) groups is 1. The van der Waals surface area contributed by atoms with Crippen LogP contribution in [0.25, 0.3) is 0 Å². The zero-order valence-electron chi connectivity index (χ0n) is 13.6. The summed E-state index contributed by atoms with van der Waals surface area (Å²) in [5.41, 5.74) is 2.11. The molecule has 1 amide bonds. The smallest absolute Gasteiger partial charge is 0.229 e. The lowest BCUT2D eigenvalue weighted by molar-refractivity contribution is -0.141. The van der Waals surface area contributed by atoms with Crippen molar-refractivity contribution in [3.63, 3.8) is 0 Å². The second-order valence-corrected chi connectivity index (χ2v) is 6.36. The van der Waals surface area contributed by atoms with Crippen molar-refractivity contribution >= 4 is 5.91 Å². The molecule has 124 valence electrons. The molecule has 2 aliphatic heterocycles. The lowest BCUT2D eigenvalue weighted by Gasteiger charge is -2.41. The van der Waals surface area contributed by atoms with Gasteiger partial charge in [-0.2, -0.15) is 0 Å². The number of carbonyl (C=O) groups excluding carboxylic acids is 1. The maximum Gasteiger partial charge on any atom is 0.229 e. The molecule has 1 atom stereocenters. The monoisotopic (exact) mass is 324 g/mol. The Balaban J connectivity index is 1.40. The van der Waals surface area contributed by atoms with Crippen molar-refractivity contribution in [1.82, 2.24) is 9.88 Å². The van der Waals surface area contributed by atoms with Gasteiger partial charge in [0.25, 0.3) is 0 Å². The van der Waals surface area contributed by atoms with Crippen LogP contribution in [0, 0.1) is 5.92 Å². The Morgan fingerprint density at radius 3 is 2.88 bits per heavy atom. The molecular formula is C19H20N2O3. The number of amides is 1. The van der Waals surface area contributed by atoms with Crippen LogP contribution in [0.3, 0.4) is 0 Å². The first-order chi connectivity index (χ1) is 11.8. The predicted molar refractivity (Wildman–Crippen MR) is 89.2 cm³/mol. The van der Waals surface area contributed by atoms with Gasteiger partial charge in [0, 0.05) is 30.9 Å². The first-order valence-corrected chi connectivity index (χ1v) is 8.24. The SMILES string of the molecule is COc1cccc2c1OCC(C(=O)N1CC(c3ccccn3)C1)C2. The molecule has 5 nitrogen and oxygen atoms in total. The summed E-state index contributed by atoms with van der Waals surface area (Å²) in [6, 6.07) is 11.8. The molecule has 0 bridgehead atoms. The molecule has 0 radical (unpaired) electrons. The number of hydrogen-bond donors (Lipinski definition) is 0. The van der Waals surface area contributed by atoms with E-state index in [9.17, 15) is 4.79 Å². The van der Waals surface area contributed by atoms with Crippen LogP contribution in [-0.2, 0) is 11.2 Å². The molecule has 2 aliphatic rings. The van der Waals surface area contributed by atoms with Gasteiger partial charge in [0.05, 0.1) is 13.0 Å². The largest absolute Gasteiger partial charge is 0.493 e. The van der Waals surface area contributed by atoms with Gasteiger partial charge >= 0.3 is 0 Å². The summed E-state index contributed by atoms with van der Waals surface area (Å²) in [6.45, 7) is 1.91. The van der Waals surface area contributed by atoms with Gasteiger partial charge in [0.1, 0.15) is 6.61 Å². The van der Waals surface area contributed by atoms with Crippen LogP contribution in [0.15, 0.2) is 42.6 Å². The van der Waals surface area contributed by atoms with E-state index < -0.39 is 0 Å². The van der Waals surface area contributed by atoms with E-state index in [4.69, 9.17) is 9.47 Å². The van der Waals surface area contributed by atoms with Gasteiger partial charge in [0.2, 0.25) is 5.91 Å². The average Bonchev–Trinajstić information content (AvgIpc) is 2.60. The molecular weight excluding hydrogens is 304 g/mol. The molecule has 24 heavy (non-hydrogen) atoms. The summed E-state index contributed by atoms with van der Waals surface area (Å²) in [5.74, 6) is 1.92. The van der Waals surface area contributed by atoms with Gasteiger partial charge in [-0.25, -0.2) is 0 Å². The van der Waals surface area contributed by atoms with E-state index in [-0.39, 0.29) is 11.8 Å². The van der Waals surface area contributed by atoms with Crippen molar-refractivity contribution in [2.75, 3.05) is 26.8 Å². The zero-order chi connectivity index (χ0) is 16.5. The lowest BCUT2D eigenvalue weighted by Crippen LogP contribution is -2.52. The molecule has 5 heteroatoms. The average molecular weight is 324 g/mol. The number of fused-ring (bicyclic) bond motifs is 1. The van der Waals surface area contributed by atoms with Crippen molar-refractivity contribution < 1.29 is 14.3 Å². The van der Waals surface area contributed by atoms with Crippen LogP contribution >= 0.6 is 0 Å². The fourth-order valence-corrected chi connectivity index (χ4v) is 3.43. The first-order valence-electron chi connectivity index (χ1n) is 8.24. The maximum absolute atomic E-state index is 12.7. The van der Waals surface area contributed by atoms with Gasteiger partial charge in [-0.15, -0.1) is 0 Å². The Labute approximate surface area is 141 Å². The number of benzene rings is 1. The number of nitrogens with zero attached hydrogens (tertiary/aromatic N) is 2. The summed E-state index contributed by atoms with van der Waals surface area (Å²) < 4.78 is 11.1. The summed E-state index contributed by atoms with van der Waals surface area (Å²) in [7, 11) is 1.63. The summed E-state index contributed by atoms with van der Waals surface area (Å²) in [6.07, 6.45) is 2.51. The van der Waals surface area contributed by atoms with E-state index in [1.807, 2.05) is 41.3 Å². The standard InChI is InChI=1S/C19H20N2O3/c1-23-17-7-4-5-13-9-14(12-24-18(13)17)19(22)21-10-15(11-21)16-6-2-3-8-20-16/h2-8,14-15H,9-12H2,1H3. The van der Waals surface area contributed by atoms with Gasteiger partial charge < -0.3 is 14.4 Å². The second-order valence-electron chi connectivity index (χ2n) is 6.36. The van der Waals surface area contributed by atoms with Crippen LogP contribution < -0.4 is 9.47 Å². The third kappa shape index (κ3) is 2.60. The Hall–Kier alpha value is -2.56. The van der Waals surface area contributed by atoms with Crippen LogP contribution in [-0.4, -0.2) is 42.6 Å². The summed E-state index contributed by atoms with van der Waals surface area (Å²) >= 11 is 0. The summed E-state index contributed by atoms with van der Waals surface area (Å²) in [5, 5.41) is 0. The zero-order valence-corrected chi connectivity index (χ0v) is 13.6. The highest BCUT2D eigenvalue weighted by atomic mass is 16.5. The molecule has 1 aromatic heterocycles. The van der Waals surface area contributed by atoms with Crippen molar-refractivity contribution in [3.05, 3.63) is 53.9 Å². The minimum Gasteiger partial charge on any atom is -0.493 e. The van der Waals surface area contributed by atoms with Crippen LogP contribution in [0.1, 0.15) is 17.2 Å². The van der Waals surface area contributed by atoms with Gasteiger partial charge in [-0.1, -0.05) is 18.2 Å². The molecule has 0 spiro atoms. The Bertz CT molecular complexity index is 742. The van der Waals surface area contributed by atoms with Crippen molar-refractivity contribution in [3.8, 4) is 11.5 Å². The van der Waals surface area contributed by atoms with E-state index in [1.54, 1.807) is 13.3 Å². The van der Waals surface area contributed by atoms with E-state index in [0.717, 1.165) is 35.8 Å². The van der Waals surface area contributed by atoms with Crippen molar-refractivity contribution in [2.24, 2.45) is 5.92 Å². The fraction of sp³-hybridized carbons (Fsp3) is 0.368.